The number of nitrogens with zero attached hydrogens (tertiary/aromatic N) is 1. The van der Waals surface area contributed by atoms with Crippen molar-refractivity contribution in [3.63, 3.8) is 0 Å². The first-order valence-corrected chi connectivity index (χ1v) is 14.1. The second-order valence-corrected chi connectivity index (χ2v) is 11.7. The molecule has 5 rings (SSSR count). The highest BCUT2D eigenvalue weighted by Gasteiger charge is 2.49. The number of benzene rings is 3. The second-order valence-electron chi connectivity index (χ2n) is 8.78. The predicted octanol–water partition coefficient (Wildman–Crippen LogP) is 5.69. The van der Waals surface area contributed by atoms with Crippen molar-refractivity contribution in [2.45, 2.75) is 35.6 Å². The molecule has 0 aromatic heterocycles. The third-order valence-corrected chi connectivity index (χ3v) is 9.65. The second kappa shape index (κ2) is 9.55. The first-order chi connectivity index (χ1) is 16.9. The molecule has 3 atom stereocenters. The number of carbonyl (C=O) groups is 1. The Kier molecular flexibility index (Phi) is 6.47. The number of fused-ring (bicyclic) bond motifs is 3. The van der Waals surface area contributed by atoms with E-state index in [-0.39, 0.29) is 29.0 Å². The lowest BCUT2D eigenvalue weighted by Crippen LogP contribution is -2.47. The number of carbonyl (C=O) groups excluding carboxylic acids is 1. The third-order valence-electron chi connectivity index (χ3n) is 6.61. The van der Waals surface area contributed by atoms with Crippen LogP contribution in [0.1, 0.15) is 35.6 Å². The van der Waals surface area contributed by atoms with Crippen LogP contribution in [0, 0.1) is 12.8 Å². The lowest BCUT2D eigenvalue weighted by atomic mass is 9.76. The van der Waals surface area contributed by atoms with E-state index in [0.717, 1.165) is 27.3 Å². The molecule has 2 aliphatic rings. The van der Waals surface area contributed by atoms with Gasteiger partial charge < -0.3 is 4.74 Å². The van der Waals surface area contributed by atoms with E-state index in [2.05, 4.69) is 0 Å². The summed E-state index contributed by atoms with van der Waals surface area (Å²) in [6.07, 6.45) is 1.80. The van der Waals surface area contributed by atoms with E-state index in [0.29, 0.717) is 0 Å². The molecule has 2 heterocycles. The highest BCUT2D eigenvalue weighted by Crippen LogP contribution is 2.54. The lowest BCUT2D eigenvalue weighted by molar-refractivity contribution is -0.140. The predicted molar refractivity (Wildman–Crippen MR) is 137 cm³/mol. The highest BCUT2D eigenvalue weighted by atomic mass is 32.2. The number of ether oxygens (including phenoxy) is 1. The Hall–Kier alpha value is -3.03. The van der Waals surface area contributed by atoms with E-state index in [9.17, 15) is 13.2 Å². The van der Waals surface area contributed by atoms with Crippen LogP contribution in [0.4, 0.5) is 0 Å². The van der Waals surface area contributed by atoms with Crippen LogP contribution in [-0.2, 0) is 19.6 Å². The molecule has 0 unspecified atom stereocenters. The zero-order valence-corrected chi connectivity index (χ0v) is 21.3. The van der Waals surface area contributed by atoms with Crippen LogP contribution in [0.5, 0.6) is 0 Å². The molecule has 0 aliphatic carbocycles. The Morgan fingerprint density at radius 3 is 2.40 bits per heavy atom. The molecule has 0 radical (unpaired) electrons. The summed E-state index contributed by atoms with van der Waals surface area (Å²) in [4.78, 5) is 14.5. The Bertz CT molecular complexity index is 1370. The Labute approximate surface area is 210 Å². The maximum Gasteiger partial charge on any atom is 0.355 e. The summed E-state index contributed by atoms with van der Waals surface area (Å²) in [6, 6.07) is 24.1. The summed E-state index contributed by atoms with van der Waals surface area (Å²) in [5, 5.41) is 0. The fraction of sp³-hybridized carbons (Fsp3) is 0.250. The van der Waals surface area contributed by atoms with Crippen molar-refractivity contribution in [2.75, 3.05) is 12.4 Å². The van der Waals surface area contributed by atoms with Gasteiger partial charge in [-0.25, -0.2) is 13.2 Å². The van der Waals surface area contributed by atoms with Crippen molar-refractivity contribution in [2.24, 2.45) is 5.92 Å². The topological polar surface area (TPSA) is 63.7 Å². The standard InChI is InChI=1S/C28H27NO4S2/c1-3-33-28(30)25-17-23(20-9-5-4-6-10-20)24-18-34-26-12-8-7-11-22(26)27(24)29(25)35(31,32)21-15-13-19(2)14-16-21/h4-17,23-24,27H,3,18H2,1-2H3/t23-,24-,27-/m1/s1. The zero-order chi connectivity index (χ0) is 24.6. The van der Waals surface area contributed by atoms with Gasteiger partial charge >= 0.3 is 5.97 Å². The molecule has 3 aromatic carbocycles. The van der Waals surface area contributed by atoms with E-state index in [1.807, 2.05) is 61.5 Å². The molecule has 0 amide bonds. The number of esters is 1. The van der Waals surface area contributed by atoms with Crippen LogP contribution in [0.15, 0.2) is 100 Å². The number of sulfonamides is 1. The Morgan fingerprint density at radius 2 is 1.69 bits per heavy atom. The summed E-state index contributed by atoms with van der Waals surface area (Å²) in [6.45, 7) is 3.80. The smallest absolute Gasteiger partial charge is 0.355 e. The number of thioether (sulfide) groups is 1. The maximum absolute atomic E-state index is 14.2. The van der Waals surface area contributed by atoms with Crippen LogP contribution in [0.2, 0.25) is 0 Å². The molecule has 0 saturated heterocycles. The lowest BCUT2D eigenvalue weighted by Gasteiger charge is -2.47. The van der Waals surface area contributed by atoms with Crippen molar-refractivity contribution in [1.82, 2.24) is 4.31 Å². The van der Waals surface area contributed by atoms with E-state index in [4.69, 9.17) is 4.74 Å². The molecule has 0 N–H and O–H groups in total. The number of allylic oxidation sites excluding steroid dienone is 1. The van der Waals surface area contributed by atoms with Crippen LogP contribution in [0.3, 0.4) is 0 Å². The molecule has 0 spiro atoms. The van der Waals surface area contributed by atoms with Gasteiger partial charge in [0.25, 0.3) is 10.0 Å². The quantitative estimate of drug-likeness (QED) is 0.417. The zero-order valence-electron chi connectivity index (χ0n) is 19.6. The van der Waals surface area contributed by atoms with Crippen LogP contribution >= 0.6 is 11.8 Å². The monoisotopic (exact) mass is 505 g/mol. The van der Waals surface area contributed by atoms with Crippen molar-refractivity contribution >= 4 is 27.8 Å². The van der Waals surface area contributed by atoms with Crippen molar-refractivity contribution < 1.29 is 17.9 Å². The summed E-state index contributed by atoms with van der Waals surface area (Å²) in [7, 11) is -4.06. The van der Waals surface area contributed by atoms with E-state index < -0.39 is 22.0 Å². The number of aryl methyl sites for hydroxylation is 1. The third kappa shape index (κ3) is 4.28. The fourth-order valence-electron chi connectivity index (χ4n) is 4.97. The van der Waals surface area contributed by atoms with Gasteiger partial charge in [-0.1, -0.05) is 66.2 Å². The van der Waals surface area contributed by atoms with Crippen LogP contribution < -0.4 is 0 Å². The Balaban J connectivity index is 1.76. The minimum absolute atomic E-state index is 0.0595. The van der Waals surface area contributed by atoms with Gasteiger partial charge in [0.1, 0.15) is 5.70 Å². The summed E-state index contributed by atoms with van der Waals surface area (Å²) >= 11 is 1.74. The van der Waals surface area contributed by atoms with Gasteiger partial charge in [0.15, 0.2) is 0 Å². The highest BCUT2D eigenvalue weighted by molar-refractivity contribution is 7.99. The largest absolute Gasteiger partial charge is 0.461 e. The summed E-state index contributed by atoms with van der Waals surface area (Å²) < 4.78 is 35.1. The number of hydrogen-bond acceptors (Lipinski definition) is 5. The van der Waals surface area contributed by atoms with Gasteiger partial charge in [0.05, 0.1) is 17.5 Å². The molecular weight excluding hydrogens is 478 g/mol. The number of hydrogen-bond donors (Lipinski definition) is 0. The molecule has 3 aromatic rings. The van der Waals surface area contributed by atoms with Gasteiger partial charge in [-0.15, -0.1) is 11.8 Å². The minimum Gasteiger partial charge on any atom is -0.461 e. The van der Waals surface area contributed by atoms with Crippen LogP contribution in [0.25, 0.3) is 0 Å². The molecule has 5 nitrogen and oxygen atoms in total. The van der Waals surface area contributed by atoms with Gasteiger partial charge in [0.2, 0.25) is 0 Å². The minimum atomic E-state index is -4.06. The summed E-state index contributed by atoms with van der Waals surface area (Å²) in [5.74, 6) is -0.0896. The van der Waals surface area contributed by atoms with E-state index >= 15 is 0 Å². The normalized spacial score (nSPS) is 21.5. The first kappa shape index (κ1) is 23.7. The van der Waals surface area contributed by atoms with Gasteiger partial charge in [-0.05, 0) is 49.2 Å². The molecule has 0 saturated carbocycles. The molecule has 180 valence electrons. The maximum atomic E-state index is 14.2. The van der Waals surface area contributed by atoms with Gasteiger partial charge in [-0.3, -0.25) is 4.31 Å². The molecular formula is C28H27NO4S2. The van der Waals surface area contributed by atoms with Gasteiger partial charge in [0, 0.05) is 22.5 Å². The summed E-state index contributed by atoms with van der Waals surface area (Å²) in [5.41, 5.74) is 3.01. The number of rotatable bonds is 5. The van der Waals surface area contributed by atoms with E-state index in [1.54, 1.807) is 49.0 Å². The molecule has 7 heteroatoms. The van der Waals surface area contributed by atoms with E-state index in [1.165, 1.54) is 4.31 Å². The molecule has 35 heavy (non-hydrogen) atoms. The van der Waals surface area contributed by atoms with Gasteiger partial charge in [-0.2, -0.15) is 0 Å². The SMILES string of the molecule is CCOC(=O)C1=C[C@H](c2ccccc2)[C@H]2CSc3ccccc3[C@H]2N1S(=O)(=O)c1ccc(C)cc1. The Morgan fingerprint density at radius 1 is 1.00 bits per heavy atom. The fourth-order valence-corrected chi connectivity index (χ4v) is 7.93. The van der Waals surface area contributed by atoms with Crippen molar-refractivity contribution in [1.29, 1.82) is 0 Å². The molecule has 0 bridgehead atoms. The first-order valence-electron chi connectivity index (χ1n) is 11.7. The van der Waals surface area contributed by atoms with Crippen molar-refractivity contribution in [3.05, 3.63) is 107 Å². The van der Waals surface area contributed by atoms with Crippen molar-refractivity contribution in [3.8, 4) is 0 Å². The van der Waals surface area contributed by atoms with Crippen LogP contribution in [-0.4, -0.2) is 31.1 Å². The molecule has 0 fully saturated rings. The molecule has 2 aliphatic heterocycles. The average molecular weight is 506 g/mol. The average Bonchev–Trinajstić information content (AvgIpc) is 2.88.